The molecule has 0 N–H and O–H groups in total. The summed E-state index contributed by atoms with van der Waals surface area (Å²) in [5.41, 5.74) is 1.65. The highest BCUT2D eigenvalue weighted by Crippen LogP contribution is 2.26. The predicted octanol–water partition coefficient (Wildman–Crippen LogP) is 1.43. The number of ether oxygens (including phenoxy) is 1. The van der Waals surface area contributed by atoms with E-state index in [4.69, 9.17) is 4.74 Å². The van der Waals surface area contributed by atoms with Crippen LogP contribution in [-0.4, -0.2) is 22.2 Å². The highest BCUT2D eigenvalue weighted by Gasteiger charge is 2.16. The molecule has 0 saturated carbocycles. The van der Waals surface area contributed by atoms with Crippen LogP contribution in [0.15, 0.2) is 23.0 Å². The van der Waals surface area contributed by atoms with Gasteiger partial charge in [0.25, 0.3) is 0 Å². The summed E-state index contributed by atoms with van der Waals surface area (Å²) in [7, 11) is 0. The molecule has 0 aliphatic carbocycles. The maximum atomic E-state index is 12.1. The number of Topliss-reactive ketones (excluding diaryl/α,β-unsaturated/α-hetero) is 1. The van der Waals surface area contributed by atoms with E-state index >= 15 is 0 Å². The van der Waals surface area contributed by atoms with E-state index in [-0.39, 0.29) is 17.2 Å². The molecule has 0 spiro atoms. The molecule has 0 unspecified atom stereocenters. The van der Waals surface area contributed by atoms with Gasteiger partial charge in [-0.15, -0.1) is 0 Å². The molecule has 19 heavy (non-hydrogen) atoms. The number of fused-ring (bicyclic) bond motifs is 1. The Kier molecular flexibility index (Phi) is 2.94. The largest absolute Gasteiger partial charge is 0.493 e. The maximum absolute atomic E-state index is 12.1. The third kappa shape index (κ3) is 2.31. The summed E-state index contributed by atoms with van der Waals surface area (Å²) >= 11 is 1.05. The molecule has 0 bridgehead atoms. The Hall–Kier alpha value is -1.95. The summed E-state index contributed by atoms with van der Waals surface area (Å²) in [6.07, 6.45) is 0.826. The van der Waals surface area contributed by atoms with Crippen LogP contribution in [-0.2, 0) is 13.0 Å². The van der Waals surface area contributed by atoms with Crippen LogP contribution >= 0.6 is 11.3 Å². The number of ketones is 1. The second-order valence-electron chi connectivity index (χ2n) is 4.39. The fraction of sp³-hybridized carbons (Fsp3) is 0.308. The summed E-state index contributed by atoms with van der Waals surface area (Å²) < 4.78 is 6.61. The normalized spacial score (nSPS) is 13.1. The van der Waals surface area contributed by atoms with Crippen LogP contribution in [0.25, 0.3) is 0 Å². The lowest BCUT2D eigenvalue weighted by atomic mass is 10.1. The van der Waals surface area contributed by atoms with Gasteiger partial charge >= 0.3 is 4.87 Å². The topological polar surface area (TPSA) is 61.2 Å². The van der Waals surface area contributed by atoms with Gasteiger partial charge in [0.15, 0.2) is 5.78 Å². The van der Waals surface area contributed by atoms with Crippen LogP contribution in [0.5, 0.6) is 5.75 Å². The first-order valence-electron chi connectivity index (χ1n) is 5.97. The average Bonchev–Trinajstić information content (AvgIpc) is 2.95. The minimum atomic E-state index is -0.199. The molecule has 0 saturated heterocycles. The zero-order valence-electron chi connectivity index (χ0n) is 10.4. The molecule has 1 aliphatic heterocycles. The number of nitrogens with zero attached hydrogens (tertiary/aromatic N) is 2. The minimum absolute atomic E-state index is 0.0111. The first kappa shape index (κ1) is 12.1. The van der Waals surface area contributed by atoms with E-state index in [0.29, 0.717) is 17.2 Å². The van der Waals surface area contributed by atoms with Crippen LogP contribution in [0.2, 0.25) is 0 Å². The molecule has 2 heterocycles. The molecule has 0 amide bonds. The van der Waals surface area contributed by atoms with Gasteiger partial charge in [0.2, 0.25) is 0 Å². The smallest absolute Gasteiger partial charge is 0.325 e. The third-order valence-electron chi connectivity index (χ3n) is 3.01. The van der Waals surface area contributed by atoms with Crippen molar-refractivity contribution in [2.45, 2.75) is 19.9 Å². The number of hydrogen-bond acceptors (Lipinski definition) is 5. The van der Waals surface area contributed by atoms with Crippen LogP contribution in [0.1, 0.15) is 20.9 Å². The Morgan fingerprint density at radius 3 is 3.11 bits per heavy atom. The van der Waals surface area contributed by atoms with Gasteiger partial charge in [0.05, 0.1) is 6.61 Å². The SMILES string of the molecule is Cc1nn(CC(=O)c2ccc3c(c2)CCO3)c(=O)s1. The van der Waals surface area contributed by atoms with E-state index in [1.807, 2.05) is 12.1 Å². The van der Waals surface area contributed by atoms with Gasteiger partial charge in [0, 0.05) is 12.0 Å². The van der Waals surface area contributed by atoms with Gasteiger partial charge in [-0.1, -0.05) is 11.3 Å². The third-order valence-corrected chi connectivity index (χ3v) is 3.77. The quantitative estimate of drug-likeness (QED) is 0.796. The van der Waals surface area contributed by atoms with E-state index in [1.54, 1.807) is 13.0 Å². The van der Waals surface area contributed by atoms with Crippen molar-refractivity contribution in [3.8, 4) is 5.75 Å². The van der Waals surface area contributed by atoms with Crippen LogP contribution in [0, 0.1) is 6.92 Å². The average molecular weight is 276 g/mol. The first-order chi connectivity index (χ1) is 9.13. The van der Waals surface area contributed by atoms with E-state index in [9.17, 15) is 9.59 Å². The van der Waals surface area contributed by atoms with Crippen molar-refractivity contribution in [1.82, 2.24) is 9.78 Å². The van der Waals surface area contributed by atoms with Gasteiger partial charge in [-0.2, -0.15) is 5.10 Å². The molecule has 1 aromatic heterocycles. The fourth-order valence-electron chi connectivity index (χ4n) is 2.10. The van der Waals surface area contributed by atoms with Crippen molar-refractivity contribution in [3.63, 3.8) is 0 Å². The lowest BCUT2D eigenvalue weighted by Crippen LogP contribution is -2.20. The summed E-state index contributed by atoms with van der Waals surface area (Å²) in [5.74, 6) is 0.736. The Morgan fingerprint density at radius 2 is 2.37 bits per heavy atom. The van der Waals surface area contributed by atoms with Crippen LogP contribution in [0.3, 0.4) is 0 Å². The second-order valence-corrected chi connectivity index (χ2v) is 5.53. The number of aryl methyl sites for hydroxylation is 1. The molecule has 0 fully saturated rings. The fourth-order valence-corrected chi connectivity index (χ4v) is 2.70. The zero-order chi connectivity index (χ0) is 13.4. The van der Waals surface area contributed by atoms with Gasteiger partial charge < -0.3 is 4.74 Å². The van der Waals surface area contributed by atoms with Gasteiger partial charge in [0.1, 0.15) is 17.3 Å². The standard InChI is InChI=1S/C13H12N2O3S/c1-8-14-15(13(17)19-8)7-11(16)9-2-3-12-10(6-9)4-5-18-12/h2-3,6H,4-5,7H2,1H3. The number of benzene rings is 1. The van der Waals surface area contributed by atoms with Crippen molar-refractivity contribution >= 4 is 17.1 Å². The molecule has 0 atom stereocenters. The van der Waals surface area contributed by atoms with Gasteiger partial charge in [-0.3, -0.25) is 9.59 Å². The molecular formula is C13H12N2O3S. The van der Waals surface area contributed by atoms with E-state index in [0.717, 1.165) is 29.1 Å². The lowest BCUT2D eigenvalue weighted by molar-refractivity contribution is 0.0966. The predicted molar refractivity (Wildman–Crippen MR) is 71.1 cm³/mol. The number of rotatable bonds is 3. The highest BCUT2D eigenvalue weighted by molar-refractivity contribution is 7.08. The van der Waals surface area contributed by atoms with E-state index < -0.39 is 0 Å². The molecule has 3 rings (SSSR count). The minimum Gasteiger partial charge on any atom is -0.493 e. The summed E-state index contributed by atoms with van der Waals surface area (Å²) in [4.78, 5) is 23.5. The van der Waals surface area contributed by atoms with Gasteiger partial charge in [-0.25, -0.2) is 4.68 Å². The Labute approximate surface area is 113 Å². The number of carbonyl (C=O) groups is 1. The molecule has 98 valence electrons. The van der Waals surface area contributed by atoms with E-state index in [1.165, 1.54) is 4.68 Å². The van der Waals surface area contributed by atoms with E-state index in [2.05, 4.69) is 5.10 Å². The molecule has 2 aromatic rings. The number of carbonyl (C=O) groups excluding carboxylic acids is 1. The molecule has 0 radical (unpaired) electrons. The van der Waals surface area contributed by atoms with Crippen LogP contribution < -0.4 is 9.61 Å². The highest BCUT2D eigenvalue weighted by atomic mass is 32.1. The molecular weight excluding hydrogens is 264 g/mol. The Bertz CT molecular complexity index is 702. The summed E-state index contributed by atoms with van der Waals surface area (Å²) in [6, 6.07) is 5.39. The first-order valence-corrected chi connectivity index (χ1v) is 6.78. The summed E-state index contributed by atoms with van der Waals surface area (Å²) in [6.45, 7) is 2.40. The zero-order valence-corrected chi connectivity index (χ0v) is 11.2. The monoisotopic (exact) mass is 276 g/mol. The van der Waals surface area contributed by atoms with Crippen molar-refractivity contribution in [2.24, 2.45) is 0 Å². The number of aromatic nitrogens is 2. The Balaban J connectivity index is 1.84. The second kappa shape index (κ2) is 4.62. The van der Waals surface area contributed by atoms with Gasteiger partial charge in [-0.05, 0) is 30.7 Å². The molecule has 6 heteroatoms. The van der Waals surface area contributed by atoms with Crippen LogP contribution in [0.4, 0.5) is 0 Å². The molecule has 5 nitrogen and oxygen atoms in total. The molecule has 1 aliphatic rings. The van der Waals surface area contributed by atoms with Crippen molar-refractivity contribution in [3.05, 3.63) is 44.0 Å². The Morgan fingerprint density at radius 1 is 1.53 bits per heavy atom. The molecule has 1 aromatic carbocycles. The lowest BCUT2D eigenvalue weighted by Gasteiger charge is -2.03. The van der Waals surface area contributed by atoms with Crippen molar-refractivity contribution in [1.29, 1.82) is 0 Å². The summed E-state index contributed by atoms with van der Waals surface area (Å²) in [5, 5.41) is 4.69. The van der Waals surface area contributed by atoms with Crippen molar-refractivity contribution < 1.29 is 9.53 Å². The maximum Gasteiger partial charge on any atom is 0.325 e. The number of hydrogen-bond donors (Lipinski definition) is 0. The van der Waals surface area contributed by atoms with Crippen molar-refractivity contribution in [2.75, 3.05) is 6.61 Å².